The third-order valence-corrected chi connectivity index (χ3v) is 5.28. The van der Waals surface area contributed by atoms with Gasteiger partial charge in [0.05, 0.1) is 0 Å². The fourth-order valence-corrected chi connectivity index (χ4v) is 4.25. The first-order chi connectivity index (χ1) is 9.70. The fraction of sp³-hybridized carbons (Fsp3) is 0.647. The first kappa shape index (κ1) is 13.6. The zero-order chi connectivity index (χ0) is 14.1. The van der Waals surface area contributed by atoms with Crippen LogP contribution in [0.25, 0.3) is 0 Å². The summed E-state index contributed by atoms with van der Waals surface area (Å²) < 4.78 is 0. The van der Waals surface area contributed by atoms with Crippen molar-refractivity contribution in [2.75, 3.05) is 6.54 Å². The SMILES string of the molecule is CCCCC1C2C=CC(C2)C1CCN1C(=O)C=CC1=O. The highest BCUT2D eigenvalue weighted by Crippen LogP contribution is 2.51. The molecule has 1 heterocycles. The van der Waals surface area contributed by atoms with E-state index in [0.29, 0.717) is 18.4 Å². The Kier molecular flexibility index (Phi) is 3.77. The molecule has 0 spiro atoms. The monoisotopic (exact) mass is 273 g/mol. The standard InChI is InChI=1S/C17H23NO2/c1-2-3-4-14-12-5-6-13(11-12)15(14)9-10-18-16(19)7-8-17(18)20/h5-8,12-15H,2-4,9-11H2,1H3. The Morgan fingerprint density at radius 1 is 1.05 bits per heavy atom. The highest BCUT2D eigenvalue weighted by molar-refractivity contribution is 6.12. The number of fused-ring (bicyclic) bond motifs is 2. The Labute approximate surface area is 120 Å². The van der Waals surface area contributed by atoms with Crippen LogP contribution in [0.4, 0.5) is 0 Å². The fourth-order valence-electron chi connectivity index (χ4n) is 4.25. The summed E-state index contributed by atoms with van der Waals surface area (Å²) in [5, 5.41) is 0. The zero-order valence-electron chi connectivity index (χ0n) is 12.1. The normalized spacial score (nSPS) is 34.8. The molecule has 3 rings (SSSR count). The van der Waals surface area contributed by atoms with Crippen molar-refractivity contribution >= 4 is 11.8 Å². The predicted molar refractivity (Wildman–Crippen MR) is 77.7 cm³/mol. The Balaban J connectivity index is 1.60. The van der Waals surface area contributed by atoms with Crippen molar-refractivity contribution in [3.8, 4) is 0 Å². The van der Waals surface area contributed by atoms with Gasteiger partial charge in [-0.3, -0.25) is 14.5 Å². The molecule has 20 heavy (non-hydrogen) atoms. The van der Waals surface area contributed by atoms with Crippen LogP contribution < -0.4 is 0 Å². The average molecular weight is 273 g/mol. The van der Waals surface area contributed by atoms with Crippen molar-refractivity contribution in [1.82, 2.24) is 4.90 Å². The lowest BCUT2D eigenvalue weighted by Crippen LogP contribution is -2.33. The van der Waals surface area contributed by atoms with Crippen molar-refractivity contribution < 1.29 is 9.59 Å². The van der Waals surface area contributed by atoms with E-state index in [1.165, 1.54) is 42.7 Å². The molecule has 0 N–H and O–H groups in total. The van der Waals surface area contributed by atoms with Gasteiger partial charge in [-0.25, -0.2) is 0 Å². The van der Waals surface area contributed by atoms with Gasteiger partial charge in [0.2, 0.25) is 0 Å². The Morgan fingerprint density at radius 2 is 1.65 bits per heavy atom. The van der Waals surface area contributed by atoms with Gasteiger partial charge in [0.25, 0.3) is 11.8 Å². The second kappa shape index (κ2) is 5.55. The van der Waals surface area contributed by atoms with E-state index in [4.69, 9.17) is 0 Å². The maximum absolute atomic E-state index is 11.6. The molecule has 1 saturated carbocycles. The van der Waals surface area contributed by atoms with Crippen molar-refractivity contribution in [3.05, 3.63) is 24.3 Å². The Morgan fingerprint density at radius 3 is 2.25 bits per heavy atom. The molecule has 1 aliphatic heterocycles. The molecular formula is C17H23NO2. The van der Waals surface area contributed by atoms with E-state index in [1.54, 1.807) is 0 Å². The minimum atomic E-state index is -0.140. The van der Waals surface area contributed by atoms with Gasteiger partial charge in [-0.1, -0.05) is 31.9 Å². The van der Waals surface area contributed by atoms with Gasteiger partial charge in [-0.15, -0.1) is 0 Å². The molecular weight excluding hydrogens is 250 g/mol. The molecule has 3 heteroatoms. The summed E-state index contributed by atoms with van der Waals surface area (Å²) in [6, 6.07) is 0. The minimum absolute atomic E-state index is 0.140. The van der Waals surface area contributed by atoms with Crippen LogP contribution in [0, 0.1) is 23.7 Å². The van der Waals surface area contributed by atoms with Gasteiger partial charge >= 0.3 is 0 Å². The van der Waals surface area contributed by atoms with E-state index >= 15 is 0 Å². The van der Waals surface area contributed by atoms with Gasteiger partial charge in [-0.2, -0.15) is 0 Å². The molecule has 2 amide bonds. The Bertz CT molecular complexity index is 448. The number of carbonyl (C=O) groups excluding carboxylic acids is 2. The van der Waals surface area contributed by atoms with Crippen LogP contribution in [0.15, 0.2) is 24.3 Å². The summed E-state index contributed by atoms with van der Waals surface area (Å²) in [5.41, 5.74) is 0. The first-order valence-corrected chi connectivity index (χ1v) is 7.92. The summed E-state index contributed by atoms with van der Waals surface area (Å²) in [6.07, 6.45) is 13.6. The summed E-state index contributed by atoms with van der Waals surface area (Å²) in [5.74, 6) is 2.59. The van der Waals surface area contributed by atoms with Crippen molar-refractivity contribution in [1.29, 1.82) is 0 Å². The van der Waals surface area contributed by atoms with Crippen LogP contribution in [0.2, 0.25) is 0 Å². The molecule has 4 unspecified atom stereocenters. The topological polar surface area (TPSA) is 37.4 Å². The van der Waals surface area contributed by atoms with Gasteiger partial charge < -0.3 is 0 Å². The molecule has 0 aromatic carbocycles. The smallest absolute Gasteiger partial charge is 0.253 e. The van der Waals surface area contributed by atoms with E-state index in [0.717, 1.165) is 18.3 Å². The molecule has 0 saturated heterocycles. The quantitative estimate of drug-likeness (QED) is 0.551. The van der Waals surface area contributed by atoms with Gasteiger partial charge in [0.15, 0.2) is 0 Å². The Hall–Kier alpha value is -1.38. The maximum atomic E-state index is 11.6. The maximum Gasteiger partial charge on any atom is 0.253 e. The lowest BCUT2D eigenvalue weighted by Gasteiger charge is -2.29. The molecule has 0 aromatic heterocycles. The summed E-state index contributed by atoms with van der Waals surface area (Å²) in [4.78, 5) is 24.6. The zero-order valence-corrected chi connectivity index (χ0v) is 12.1. The molecule has 3 aliphatic rings. The highest BCUT2D eigenvalue weighted by Gasteiger charge is 2.43. The van der Waals surface area contributed by atoms with Crippen LogP contribution in [0.5, 0.6) is 0 Å². The lowest BCUT2D eigenvalue weighted by molar-refractivity contribution is -0.137. The highest BCUT2D eigenvalue weighted by atomic mass is 16.2. The van der Waals surface area contributed by atoms with Crippen molar-refractivity contribution in [3.63, 3.8) is 0 Å². The van der Waals surface area contributed by atoms with E-state index in [1.807, 2.05) is 0 Å². The second-order valence-electron chi connectivity index (χ2n) is 6.37. The van der Waals surface area contributed by atoms with Crippen LogP contribution >= 0.6 is 0 Å². The molecule has 0 radical (unpaired) electrons. The molecule has 2 aliphatic carbocycles. The largest absolute Gasteiger partial charge is 0.275 e. The predicted octanol–water partition coefficient (Wildman–Crippen LogP) is 2.93. The molecule has 3 nitrogen and oxygen atoms in total. The van der Waals surface area contributed by atoms with E-state index < -0.39 is 0 Å². The van der Waals surface area contributed by atoms with Gasteiger partial charge in [0, 0.05) is 18.7 Å². The first-order valence-electron chi connectivity index (χ1n) is 7.92. The summed E-state index contributed by atoms with van der Waals surface area (Å²) in [6.45, 7) is 2.83. The number of allylic oxidation sites excluding steroid dienone is 2. The van der Waals surface area contributed by atoms with E-state index in [-0.39, 0.29) is 11.8 Å². The van der Waals surface area contributed by atoms with Crippen LogP contribution in [0.3, 0.4) is 0 Å². The van der Waals surface area contributed by atoms with E-state index in [9.17, 15) is 9.59 Å². The number of hydrogen-bond donors (Lipinski definition) is 0. The molecule has 4 atom stereocenters. The number of imide groups is 1. The summed E-state index contributed by atoms with van der Waals surface area (Å²) >= 11 is 0. The van der Waals surface area contributed by atoms with Crippen LogP contribution in [-0.4, -0.2) is 23.3 Å². The molecule has 2 bridgehead atoms. The molecule has 108 valence electrons. The van der Waals surface area contributed by atoms with E-state index in [2.05, 4.69) is 19.1 Å². The van der Waals surface area contributed by atoms with Gasteiger partial charge in [0.1, 0.15) is 0 Å². The second-order valence-corrected chi connectivity index (χ2v) is 6.37. The number of hydrogen-bond acceptors (Lipinski definition) is 2. The molecule has 0 aromatic rings. The number of rotatable bonds is 6. The van der Waals surface area contributed by atoms with Crippen molar-refractivity contribution in [2.45, 2.75) is 39.0 Å². The molecule has 1 fully saturated rings. The minimum Gasteiger partial charge on any atom is -0.275 e. The summed E-state index contributed by atoms with van der Waals surface area (Å²) in [7, 11) is 0. The number of amides is 2. The van der Waals surface area contributed by atoms with Crippen LogP contribution in [-0.2, 0) is 9.59 Å². The lowest BCUT2D eigenvalue weighted by atomic mass is 9.78. The number of unbranched alkanes of at least 4 members (excludes halogenated alkanes) is 1. The third kappa shape index (κ3) is 2.34. The third-order valence-electron chi connectivity index (χ3n) is 5.28. The number of nitrogens with zero attached hydrogens (tertiary/aromatic N) is 1. The number of carbonyl (C=O) groups is 2. The average Bonchev–Trinajstić information content (AvgIpc) is 3.11. The van der Waals surface area contributed by atoms with Crippen LogP contribution in [0.1, 0.15) is 39.0 Å². The van der Waals surface area contributed by atoms with Gasteiger partial charge in [-0.05, 0) is 42.9 Å². The van der Waals surface area contributed by atoms with Crippen molar-refractivity contribution in [2.24, 2.45) is 23.7 Å².